The summed E-state index contributed by atoms with van der Waals surface area (Å²) in [5.74, 6) is 0.944. The number of quaternary nitrogens is 1. The van der Waals surface area contributed by atoms with Crippen LogP contribution in [0.25, 0.3) is 0 Å². The van der Waals surface area contributed by atoms with Gasteiger partial charge in [-0.15, -0.1) is 0 Å². The molecule has 0 bridgehead atoms. The first-order valence-electron chi connectivity index (χ1n) is 8.55. The molecular formula is C19H25N2O3S+. The SMILES string of the molecule is COc1cccc(C[NH+]2CCN(S(=O)(=O)Cc3ccccc3)CC2)c1. The number of piperazine rings is 1. The summed E-state index contributed by atoms with van der Waals surface area (Å²) in [6, 6.07) is 17.4. The van der Waals surface area contributed by atoms with Gasteiger partial charge >= 0.3 is 0 Å². The van der Waals surface area contributed by atoms with Crippen molar-refractivity contribution in [3.8, 4) is 5.75 Å². The van der Waals surface area contributed by atoms with Crippen LogP contribution in [-0.2, 0) is 22.3 Å². The molecule has 1 saturated heterocycles. The Labute approximate surface area is 149 Å². The Morgan fingerprint density at radius 3 is 2.36 bits per heavy atom. The van der Waals surface area contributed by atoms with E-state index in [2.05, 4.69) is 6.07 Å². The van der Waals surface area contributed by atoms with Crippen molar-refractivity contribution in [2.45, 2.75) is 12.3 Å². The van der Waals surface area contributed by atoms with Gasteiger partial charge in [-0.05, 0) is 17.7 Å². The molecule has 1 aliphatic rings. The summed E-state index contributed by atoms with van der Waals surface area (Å²) in [5.41, 5.74) is 2.06. The Kier molecular flexibility index (Phi) is 5.73. The minimum atomic E-state index is -3.24. The van der Waals surface area contributed by atoms with Crippen LogP contribution in [0, 0.1) is 0 Å². The van der Waals surface area contributed by atoms with Crippen molar-refractivity contribution >= 4 is 10.0 Å². The van der Waals surface area contributed by atoms with Crippen molar-refractivity contribution in [2.24, 2.45) is 0 Å². The molecule has 0 aromatic heterocycles. The highest BCUT2D eigenvalue weighted by atomic mass is 32.2. The summed E-state index contributed by atoms with van der Waals surface area (Å²) in [6.45, 7) is 3.70. The maximum absolute atomic E-state index is 12.6. The zero-order chi connectivity index (χ0) is 17.7. The number of nitrogens with one attached hydrogen (secondary N) is 1. The number of hydrogen-bond acceptors (Lipinski definition) is 3. The zero-order valence-electron chi connectivity index (χ0n) is 14.5. The van der Waals surface area contributed by atoms with E-state index in [1.165, 1.54) is 10.5 Å². The Hall–Kier alpha value is -1.89. The fourth-order valence-electron chi connectivity index (χ4n) is 3.20. The summed E-state index contributed by atoms with van der Waals surface area (Å²) in [6.07, 6.45) is 0. The Bertz CT molecular complexity index is 785. The average molecular weight is 361 g/mol. The second-order valence-corrected chi connectivity index (χ2v) is 8.39. The molecule has 6 heteroatoms. The van der Waals surface area contributed by atoms with E-state index >= 15 is 0 Å². The standard InChI is InChI=1S/C19H24N2O3S/c1-24-19-9-5-8-18(14-19)15-20-10-12-21(13-11-20)25(22,23)16-17-6-3-2-4-7-17/h2-9,14H,10-13,15-16H2,1H3/p+1. The van der Waals surface area contributed by atoms with Gasteiger partial charge in [-0.2, -0.15) is 4.31 Å². The van der Waals surface area contributed by atoms with Crippen LogP contribution >= 0.6 is 0 Å². The van der Waals surface area contributed by atoms with Crippen LogP contribution < -0.4 is 9.64 Å². The van der Waals surface area contributed by atoms with Crippen LogP contribution in [0.3, 0.4) is 0 Å². The van der Waals surface area contributed by atoms with Gasteiger partial charge in [0.1, 0.15) is 12.3 Å². The Morgan fingerprint density at radius 2 is 1.68 bits per heavy atom. The van der Waals surface area contributed by atoms with E-state index in [0.29, 0.717) is 13.1 Å². The molecule has 3 rings (SSSR count). The summed E-state index contributed by atoms with van der Waals surface area (Å²) < 4.78 is 32.1. The molecule has 5 nitrogen and oxygen atoms in total. The monoisotopic (exact) mass is 361 g/mol. The van der Waals surface area contributed by atoms with Gasteiger partial charge in [-0.3, -0.25) is 0 Å². The predicted octanol–water partition coefficient (Wildman–Crippen LogP) is 0.926. The van der Waals surface area contributed by atoms with Gasteiger partial charge in [0.15, 0.2) is 0 Å². The van der Waals surface area contributed by atoms with Gasteiger partial charge in [-0.1, -0.05) is 42.5 Å². The highest BCUT2D eigenvalue weighted by Crippen LogP contribution is 2.13. The van der Waals surface area contributed by atoms with Gasteiger partial charge < -0.3 is 9.64 Å². The molecule has 1 aliphatic heterocycles. The molecule has 0 amide bonds. The van der Waals surface area contributed by atoms with Crippen LogP contribution in [0.2, 0.25) is 0 Å². The van der Waals surface area contributed by atoms with E-state index in [1.807, 2.05) is 48.5 Å². The number of ether oxygens (including phenoxy) is 1. The zero-order valence-corrected chi connectivity index (χ0v) is 15.3. The first-order chi connectivity index (χ1) is 12.1. The smallest absolute Gasteiger partial charge is 0.218 e. The molecular weight excluding hydrogens is 336 g/mol. The lowest BCUT2D eigenvalue weighted by atomic mass is 10.2. The van der Waals surface area contributed by atoms with Crippen LogP contribution in [0.5, 0.6) is 5.75 Å². The molecule has 25 heavy (non-hydrogen) atoms. The summed E-state index contributed by atoms with van der Waals surface area (Å²) >= 11 is 0. The summed E-state index contributed by atoms with van der Waals surface area (Å²) in [4.78, 5) is 1.40. The maximum atomic E-state index is 12.6. The van der Waals surface area contributed by atoms with Gasteiger partial charge in [0.25, 0.3) is 0 Å². The van der Waals surface area contributed by atoms with Crippen molar-refractivity contribution in [1.29, 1.82) is 0 Å². The molecule has 2 aromatic carbocycles. The fourth-order valence-corrected chi connectivity index (χ4v) is 4.74. The highest BCUT2D eigenvalue weighted by Gasteiger charge is 2.29. The van der Waals surface area contributed by atoms with Crippen molar-refractivity contribution in [3.05, 3.63) is 65.7 Å². The molecule has 0 aliphatic carbocycles. The normalized spacial score (nSPS) is 16.7. The van der Waals surface area contributed by atoms with Crippen molar-refractivity contribution < 1.29 is 18.1 Å². The molecule has 1 N–H and O–H groups in total. The lowest BCUT2D eigenvalue weighted by Crippen LogP contribution is -3.13. The summed E-state index contributed by atoms with van der Waals surface area (Å²) in [7, 11) is -1.57. The average Bonchev–Trinajstić information content (AvgIpc) is 2.63. The van der Waals surface area contributed by atoms with Crippen molar-refractivity contribution in [2.75, 3.05) is 33.3 Å². The fraction of sp³-hybridized carbons (Fsp3) is 0.368. The van der Waals surface area contributed by atoms with Crippen LogP contribution in [0.4, 0.5) is 0 Å². The lowest BCUT2D eigenvalue weighted by Gasteiger charge is -2.31. The summed E-state index contributed by atoms with van der Waals surface area (Å²) in [5, 5.41) is 0. The van der Waals surface area contributed by atoms with Crippen LogP contribution in [-0.4, -0.2) is 46.0 Å². The third kappa shape index (κ3) is 4.81. The van der Waals surface area contributed by atoms with E-state index in [-0.39, 0.29) is 5.75 Å². The van der Waals surface area contributed by atoms with E-state index in [9.17, 15) is 8.42 Å². The number of methoxy groups -OCH3 is 1. The number of hydrogen-bond donors (Lipinski definition) is 1. The molecule has 2 aromatic rings. The van der Waals surface area contributed by atoms with Crippen molar-refractivity contribution in [1.82, 2.24) is 4.31 Å². The Balaban J connectivity index is 1.56. The molecule has 0 spiro atoms. The van der Waals surface area contributed by atoms with Gasteiger partial charge in [0.05, 0.1) is 39.0 Å². The Morgan fingerprint density at radius 1 is 1.00 bits per heavy atom. The molecule has 0 radical (unpaired) electrons. The second kappa shape index (κ2) is 7.99. The van der Waals surface area contributed by atoms with E-state index < -0.39 is 10.0 Å². The molecule has 1 heterocycles. The number of nitrogens with zero attached hydrogens (tertiary/aromatic N) is 1. The number of benzene rings is 2. The van der Waals surface area contributed by atoms with Crippen LogP contribution in [0.15, 0.2) is 54.6 Å². The lowest BCUT2D eigenvalue weighted by molar-refractivity contribution is -0.917. The minimum Gasteiger partial charge on any atom is -0.497 e. The van der Waals surface area contributed by atoms with E-state index in [0.717, 1.165) is 30.9 Å². The van der Waals surface area contributed by atoms with Gasteiger partial charge in [-0.25, -0.2) is 8.42 Å². The number of sulfonamides is 1. The molecule has 0 saturated carbocycles. The maximum Gasteiger partial charge on any atom is 0.218 e. The third-order valence-electron chi connectivity index (χ3n) is 4.60. The molecule has 134 valence electrons. The topological polar surface area (TPSA) is 51.1 Å². The third-order valence-corrected chi connectivity index (χ3v) is 6.45. The first kappa shape index (κ1) is 17.9. The first-order valence-corrected chi connectivity index (χ1v) is 10.2. The van der Waals surface area contributed by atoms with E-state index in [4.69, 9.17) is 4.74 Å². The molecule has 0 unspecified atom stereocenters. The van der Waals surface area contributed by atoms with Gasteiger partial charge in [0, 0.05) is 5.56 Å². The largest absolute Gasteiger partial charge is 0.497 e. The quantitative estimate of drug-likeness (QED) is 0.833. The van der Waals surface area contributed by atoms with E-state index in [1.54, 1.807) is 11.4 Å². The van der Waals surface area contributed by atoms with Crippen molar-refractivity contribution in [3.63, 3.8) is 0 Å². The molecule has 0 atom stereocenters. The predicted molar refractivity (Wildman–Crippen MR) is 98.0 cm³/mol. The minimum absolute atomic E-state index is 0.0824. The van der Waals surface area contributed by atoms with Gasteiger partial charge in [0.2, 0.25) is 10.0 Å². The molecule has 1 fully saturated rings. The second-order valence-electron chi connectivity index (χ2n) is 6.42. The van der Waals surface area contributed by atoms with Crippen LogP contribution in [0.1, 0.15) is 11.1 Å². The highest BCUT2D eigenvalue weighted by molar-refractivity contribution is 7.88. The number of rotatable bonds is 6.